The molecule has 0 saturated carbocycles. The highest BCUT2D eigenvalue weighted by Crippen LogP contribution is 2.05. The first-order valence-corrected chi connectivity index (χ1v) is 9.70. The molecule has 0 aliphatic rings. The molecule has 0 heterocycles. The zero-order chi connectivity index (χ0) is 21.6. The molecule has 0 aliphatic carbocycles. The van der Waals surface area contributed by atoms with E-state index in [0.29, 0.717) is 11.1 Å². The van der Waals surface area contributed by atoms with Crippen LogP contribution in [-0.4, -0.2) is 25.2 Å². The summed E-state index contributed by atoms with van der Waals surface area (Å²) in [7, 11) is 0. The van der Waals surface area contributed by atoms with Crippen LogP contribution in [0.15, 0.2) is 96.1 Å². The number of hydrogen-bond donors (Lipinski definition) is 0. The number of benzene rings is 2. The molecule has 0 aliphatic heterocycles. The Morgan fingerprint density at radius 1 is 0.667 bits per heavy atom. The lowest BCUT2D eigenvalue weighted by Gasteiger charge is -2.06. The number of allylic oxidation sites excluding steroid dienone is 4. The van der Waals surface area contributed by atoms with Crippen molar-refractivity contribution in [1.29, 1.82) is 0 Å². The predicted octanol–water partition coefficient (Wildman–Crippen LogP) is 5.39. The molecular formula is C26H26O4. The molecule has 2 aromatic rings. The molecule has 0 amide bonds. The molecule has 2 rings (SSSR count). The minimum absolute atomic E-state index is 0.00525. The molecule has 0 atom stereocenters. The van der Waals surface area contributed by atoms with Gasteiger partial charge in [-0.3, -0.25) is 0 Å². The fraction of sp³-hybridized carbons (Fsp3) is 0.154. The Morgan fingerprint density at radius 2 is 1.03 bits per heavy atom. The highest BCUT2D eigenvalue weighted by molar-refractivity contribution is 5.89. The zero-order valence-corrected chi connectivity index (χ0v) is 17.3. The van der Waals surface area contributed by atoms with E-state index in [1.165, 1.54) is 0 Å². The first kappa shape index (κ1) is 22.6. The molecule has 154 valence electrons. The van der Waals surface area contributed by atoms with Gasteiger partial charge in [-0.25, -0.2) is 9.59 Å². The van der Waals surface area contributed by atoms with Gasteiger partial charge < -0.3 is 9.47 Å². The van der Waals surface area contributed by atoms with Gasteiger partial charge in [0.05, 0.1) is 0 Å². The van der Waals surface area contributed by atoms with Crippen LogP contribution in [0.5, 0.6) is 0 Å². The average molecular weight is 402 g/mol. The van der Waals surface area contributed by atoms with E-state index >= 15 is 0 Å². The Kier molecular flexibility index (Phi) is 9.60. The molecule has 0 fully saturated rings. The van der Waals surface area contributed by atoms with Crippen molar-refractivity contribution in [2.24, 2.45) is 0 Å². The minimum atomic E-state index is -0.443. The number of hydrogen-bond acceptors (Lipinski definition) is 4. The summed E-state index contributed by atoms with van der Waals surface area (Å²) in [6.07, 6.45) is 10.8. The summed E-state index contributed by atoms with van der Waals surface area (Å²) in [6.45, 7) is 3.36. The number of esters is 2. The van der Waals surface area contributed by atoms with Gasteiger partial charge >= 0.3 is 11.9 Å². The van der Waals surface area contributed by atoms with E-state index in [9.17, 15) is 9.59 Å². The van der Waals surface area contributed by atoms with Crippen LogP contribution >= 0.6 is 0 Å². The van der Waals surface area contributed by atoms with Crippen molar-refractivity contribution < 1.29 is 19.1 Å². The van der Waals surface area contributed by atoms with Gasteiger partial charge in [-0.05, 0) is 25.0 Å². The van der Waals surface area contributed by atoms with Crippen molar-refractivity contribution in [2.45, 2.75) is 13.8 Å². The lowest BCUT2D eigenvalue weighted by molar-refractivity contribution is -0.147. The first-order chi connectivity index (χ1) is 14.6. The van der Waals surface area contributed by atoms with Gasteiger partial charge in [-0.1, -0.05) is 97.1 Å². The van der Waals surface area contributed by atoms with Crippen LogP contribution < -0.4 is 0 Å². The maximum atomic E-state index is 12.0. The Hall–Kier alpha value is -3.66. The summed E-state index contributed by atoms with van der Waals surface area (Å²) in [5.74, 6) is -0.886. The Bertz CT molecular complexity index is 856. The molecule has 0 radical (unpaired) electrons. The average Bonchev–Trinajstić information content (AvgIpc) is 2.77. The molecule has 4 heteroatoms. The van der Waals surface area contributed by atoms with E-state index in [1.54, 1.807) is 38.2 Å². The summed E-state index contributed by atoms with van der Waals surface area (Å²) in [5, 5.41) is 0. The van der Waals surface area contributed by atoms with Gasteiger partial charge in [-0.2, -0.15) is 0 Å². The fourth-order valence-corrected chi connectivity index (χ4v) is 2.37. The van der Waals surface area contributed by atoms with E-state index in [0.717, 1.165) is 11.1 Å². The van der Waals surface area contributed by atoms with Crippen LogP contribution in [0.2, 0.25) is 0 Å². The SMILES string of the molecule is C/C(=C\C=C\c1ccccc1)C(=O)OCCOC(=O)/C(C)=C/C=C/c1ccccc1. The lowest BCUT2D eigenvalue weighted by atomic mass is 10.2. The summed E-state index contributed by atoms with van der Waals surface area (Å²) in [6, 6.07) is 19.6. The minimum Gasteiger partial charge on any atom is -0.459 e. The second kappa shape index (κ2) is 12.7. The van der Waals surface area contributed by atoms with E-state index in [-0.39, 0.29) is 13.2 Å². The van der Waals surface area contributed by atoms with Crippen molar-refractivity contribution in [3.63, 3.8) is 0 Å². The molecule has 0 saturated heterocycles. The van der Waals surface area contributed by atoms with Crippen molar-refractivity contribution in [1.82, 2.24) is 0 Å². The number of ether oxygens (including phenoxy) is 2. The third-order valence-electron chi connectivity index (χ3n) is 4.06. The summed E-state index contributed by atoms with van der Waals surface area (Å²) < 4.78 is 10.2. The highest BCUT2D eigenvalue weighted by atomic mass is 16.6. The van der Waals surface area contributed by atoms with Gasteiger partial charge in [0.2, 0.25) is 0 Å². The molecular weight excluding hydrogens is 376 g/mol. The Labute approximate surface area is 177 Å². The molecule has 30 heavy (non-hydrogen) atoms. The molecule has 4 nitrogen and oxygen atoms in total. The summed E-state index contributed by atoms with van der Waals surface area (Å²) in [4.78, 5) is 23.9. The lowest BCUT2D eigenvalue weighted by Crippen LogP contribution is -2.14. The quantitative estimate of drug-likeness (QED) is 0.244. The smallest absolute Gasteiger partial charge is 0.333 e. The standard InChI is InChI=1S/C26H26O4/c1-21(11-9-17-23-13-5-3-6-14-23)25(27)29-19-20-30-26(28)22(2)12-10-18-24-15-7-4-8-16-24/h3-18H,19-20H2,1-2H3/b17-9+,18-10+,21-11+,22-12+. The maximum Gasteiger partial charge on any atom is 0.333 e. The number of carbonyl (C=O) groups excluding carboxylic acids is 2. The molecule has 2 aromatic carbocycles. The molecule has 0 unspecified atom stereocenters. The van der Waals surface area contributed by atoms with Gasteiger partial charge in [0.1, 0.15) is 13.2 Å². The molecule has 0 N–H and O–H groups in total. The third-order valence-corrected chi connectivity index (χ3v) is 4.06. The monoisotopic (exact) mass is 402 g/mol. The maximum absolute atomic E-state index is 12.0. The Balaban J connectivity index is 1.70. The normalized spacial score (nSPS) is 12.3. The van der Waals surface area contributed by atoms with Crippen molar-refractivity contribution in [3.05, 3.63) is 107 Å². The van der Waals surface area contributed by atoms with Crippen LogP contribution in [0, 0.1) is 0 Å². The van der Waals surface area contributed by atoms with Crippen LogP contribution in [0.4, 0.5) is 0 Å². The number of rotatable bonds is 9. The topological polar surface area (TPSA) is 52.6 Å². The summed E-state index contributed by atoms with van der Waals surface area (Å²) in [5.41, 5.74) is 3.03. The molecule has 0 spiro atoms. The van der Waals surface area contributed by atoms with E-state index in [1.807, 2.05) is 72.8 Å². The highest BCUT2D eigenvalue weighted by Gasteiger charge is 2.07. The van der Waals surface area contributed by atoms with Crippen LogP contribution in [0.1, 0.15) is 25.0 Å². The largest absolute Gasteiger partial charge is 0.459 e. The predicted molar refractivity (Wildman–Crippen MR) is 120 cm³/mol. The molecule has 0 aromatic heterocycles. The zero-order valence-electron chi connectivity index (χ0n) is 17.3. The van der Waals surface area contributed by atoms with Crippen molar-refractivity contribution >= 4 is 24.1 Å². The fourth-order valence-electron chi connectivity index (χ4n) is 2.37. The van der Waals surface area contributed by atoms with Crippen LogP contribution in [-0.2, 0) is 19.1 Å². The first-order valence-electron chi connectivity index (χ1n) is 9.70. The van der Waals surface area contributed by atoms with Crippen molar-refractivity contribution in [2.75, 3.05) is 13.2 Å². The second-order valence-corrected chi connectivity index (χ2v) is 6.51. The number of carbonyl (C=O) groups is 2. The van der Waals surface area contributed by atoms with Gasteiger partial charge in [0.25, 0.3) is 0 Å². The van der Waals surface area contributed by atoms with Gasteiger partial charge in [0, 0.05) is 11.1 Å². The van der Waals surface area contributed by atoms with E-state index in [2.05, 4.69) is 0 Å². The second-order valence-electron chi connectivity index (χ2n) is 6.51. The summed E-state index contributed by atoms with van der Waals surface area (Å²) >= 11 is 0. The van der Waals surface area contributed by atoms with Gasteiger partial charge in [-0.15, -0.1) is 0 Å². The van der Waals surface area contributed by atoms with Crippen molar-refractivity contribution in [3.8, 4) is 0 Å². The van der Waals surface area contributed by atoms with Gasteiger partial charge in [0.15, 0.2) is 0 Å². The third kappa shape index (κ3) is 8.57. The van der Waals surface area contributed by atoms with E-state index < -0.39 is 11.9 Å². The van der Waals surface area contributed by atoms with Crippen LogP contribution in [0.25, 0.3) is 12.2 Å². The van der Waals surface area contributed by atoms with Crippen LogP contribution in [0.3, 0.4) is 0 Å². The Morgan fingerprint density at radius 3 is 1.40 bits per heavy atom. The molecule has 0 bridgehead atoms. The van der Waals surface area contributed by atoms with E-state index in [4.69, 9.17) is 9.47 Å².